The molecule has 0 bridgehead atoms. The lowest BCUT2D eigenvalue weighted by Gasteiger charge is -2.18. The molecule has 0 aliphatic heterocycles. The lowest BCUT2D eigenvalue weighted by Crippen LogP contribution is -2.47. The van der Waals surface area contributed by atoms with Crippen LogP contribution in [0.1, 0.15) is 24.8 Å². The maximum atomic E-state index is 12.7. The van der Waals surface area contributed by atoms with Gasteiger partial charge in [0.2, 0.25) is 21.8 Å². The summed E-state index contributed by atoms with van der Waals surface area (Å²) in [5.74, 6) is 0.0336. The van der Waals surface area contributed by atoms with E-state index in [1.165, 1.54) is 23.9 Å². The molecule has 1 unspecified atom stereocenters. The molecule has 2 aromatic rings. The average molecular weight is 498 g/mol. The summed E-state index contributed by atoms with van der Waals surface area (Å²) in [4.78, 5) is 24.8. The van der Waals surface area contributed by atoms with Gasteiger partial charge in [0.15, 0.2) is 0 Å². The van der Waals surface area contributed by atoms with Crippen LogP contribution in [0.25, 0.3) is 0 Å². The van der Waals surface area contributed by atoms with Crippen molar-refractivity contribution >= 4 is 50.9 Å². The Balaban J connectivity index is 1.85. The molecule has 10 heteroatoms. The van der Waals surface area contributed by atoms with Crippen LogP contribution in [0.4, 0.5) is 5.69 Å². The lowest BCUT2D eigenvalue weighted by atomic mass is 10.2. The summed E-state index contributed by atoms with van der Waals surface area (Å²) in [5.41, 5.74) is 1.59. The van der Waals surface area contributed by atoms with Crippen molar-refractivity contribution in [3.8, 4) is 0 Å². The smallest absolute Gasteiger partial charge is 0.241 e. The summed E-state index contributed by atoms with van der Waals surface area (Å²) in [5, 5.41) is 6.07. The van der Waals surface area contributed by atoms with Gasteiger partial charge in [-0.05, 0) is 68.2 Å². The van der Waals surface area contributed by atoms with E-state index in [9.17, 15) is 18.0 Å². The second-order valence-electron chi connectivity index (χ2n) is 7.22. The van der Waals surface area contributed by atoms with E-state index in [1.807, 2.05) is 13.2 Å². The van der Waals surface area contributed by atoms with E-state index in [0.29, 0.717) is 29.3 Å². The number of hydrogen-bond donors (Lipinski definition) is 3. The predicted molar refractivity (Wildman–Crippen MR) is 131 cm³/mol. The van der Waals surface area contributed by atoms with Crippen molar-refractivity contribution in [3.05, 3.63) is 59.1 Å². The van der Waals surface area contributed by atoms with Crippen LogP contribution in [0.2, 0.25) is 5.02 Å². The molecule has 7 nitrogen and oxygen atoms in total. The maximum absolute atomic E-state index is 12.7. The van der Waals surface area contributed by atoms with Crippen molar-refractivity contribution < 1.29 is 18.0 Å². The first-order valence-electron chi connectivity index (χ1n) is 10.1. The highest BCUT2D eigenvalue weighted by atomic mass is 35.5. The zero-order valence-corrected chi connectivity index (χ0v) is 20.4. The Labute approximate surface area is 198 Å². The number of aryl methyl sites for hydroxylation is 1. The number of hydrogen-bond acceptors (Lipinski definition) is 5. The maximum Gasteiger partial charge on any atom is 0.241 e. The first kappa shape index (κ1) is 26.2. The van der Waals surface area contributed by atoms with Crippen molar-refractivity contribution in [1.82, 2.24) is 10.0 Å². The number of carbonyl (C=O) groups excluding carboxylic acids is 2. The molecule has 2 rings (SSSR count). The molecule has 0 aliphatic carbocycles. The normalized spacial score (nSPS) is 12.2. The molecule has 0 spiro atoms. The topological polar surface area (TPSA) is 104 Å². The zero-order chi connectivity index (χ0) is 23.6. The Morgan fingerprint density at radius 2 is 1.72 bits per heavy atom. The second-order valence-corrected chi connectivity index (χ2v) is 10.4. The van der Waals surface area contributed by atoms with Crippen LogP contribution in [-0.4, -0.2) is 44.8 Å². The van der Waals surface area contributed by atoms with Crippen LogP contribution in [0.5, 0.6) is 0 Å². The minimum atomic E-state index is -3.83. The van der Waals surface area contributed by atoms with Gasteiger partial charge in [0.1, 0.15) is 6.04 Å². The highest BCUT2D eigenvalue weighted by Crippen LogP contribution is 2.14. The van der Waals surface area contributed by atoms with Crippen molar-refractivity contribution in [2.45, 2.75) is 37.1 Å². The molecule has 0 aromatic heterocycles. The van der Waals surface area contributed by atoms with E-state index in [2.05, 4.69) is 15.4 Å². The van der Waals surface area contributed by atoms with Gasteiger partial charge in [-0.15, -0.1) is 0 Å². The molecule has 174 valence electrons. The van der Waals surface area contributed by atoms with Gasteiger partial charge in [-0.2, -0.15) is 16.5 Å². The Hall–Kier alpha value is -2.07. The van der Waals surface area contributed by atoms with E-state index in [0.717, 1.165) is 5.56 Å². The average Bonchev–Trinajstić information content (AvgIpc) is 2.76. The Kier molecular flexibility index (Phi) is 10.5. The number of carbonyl (C=O) groups is 2. The lowest BCUT2D eigenvalue weighted by molar-refractivity contribution is -0.123. The van der Waals surface area contributed by atoms with E-state index in [1.54, 1.807) is 36.4 Å². The zero-order valence-electron chi connectivity index (χ0n) is 18.1. The minimum absolute atomic E-state index is 0.115. The van der Waals surface area contributed by atoms with Gasteiger partial charge in [0.05, 0.1) is 4.90 Å². The van der Waals surface area contributed by atoms with Crippen molar-refractivity contribution in [2.75, 3.05) is 23.9 Å². The van der Waals surface area contributed by atoms with E-state index in [4.69, 9.17) is 11.6 Å². The molecule has 2 aromatic carbocycles. The minimum Gasteiger partial charge on any atom is -0.355 e. The Morgan fingerprint density at radius 3 is 2.34 bits per heavy atom. The molecular weight excluding hydrogens is 470 g/mol. The number of amides is 2. The first-order valence-corrected chi connectivity index (χ1v) is 13.4. The van der Waals surface area contributed by atoms with Crippen LogP contribution in [0, 0.1) is 6.92 Å². The van der Waals surface area contributed by atoms with Crippen molar-refractivity contribution in [2.24, 2.45) is 0 Å². The standard InChI is InChI=1S/C22H28ClN3O4S2/c1-16-5-11-19(12-6-16)32(29,30)26-20(13-15-31-2)22(28)24-14-3-4-21(27)25-18-9-7-17(23)8-10-18/h5-12,20,26H,3-4,13-15H2,1-2H3,(H,24,28)(H,25,27). The molecule has 2 amide bonds. The largest absolute Gasteiger partial charge is 0.355 e. The predicted octanol–water partition coefficient (Wildman–Crippen LogP) is 3.58. The van der Waals surface area contributed by atoms with Gasteiger partial charge >= 0.3 is 0 Å². The molecular formula is C22H28ClN3O4S2. The van der Waals surface area contributed by atoms with Gasteiger partial charge in [0, 0.05) is 23.7 Å². The summed E-state index contributed by atoms with van der Waals surface area (Å²) >= 11 is 7.35. The first-order chi connectivity index (χ1) is 15.2. The fraction of sp³-hybridized carbons (Fsp3) is 0.364. The molecule has 32 heavy (non-hydrogen) atoms. The summed E-state index contributed by atoms with van der Waals surface area (Å²) in [7, 11) is -3.83. The molecule has 0 heterocycles. The third-order valence-corrected chi connectivity index (χ3v) is 6.95. The number of sulfonamides is 1. The number of benzene rings is 2. The Bertz CT molecular complexity index is 997. The number of rotatable bonds is 12. The third-order valence-electron chi connectivity index (χ3n) is 4.56. The fourth-order valence-corrected chi connectivity index (χ4v) is 4.62. The van der Waals surface area contributed by atoms with Gasteiger partial charge in [-0.3, -0.25) is 9.59 Å². The highest BCUT2D eigenvalue weighted by molar-refractivity contribution is 7.98. The van der Waals surface area contributed by atoms with E-state index < -0.39 is 22.0 Å². The molecule has 1 atom stereocenters. The fourth-order valence-electron chi connectivity index (χ4n) is 2.79. The van der Waals surface area contributed by atoms with E-state index in [-0.39, 0.29) is 23.8 Å². The molecule has 3 N–H and O–H groups in total. The molecule has 0 aliphatic rings. The number of nitrogens with one attached hydrogen (secondary N) is 3. The summed E-state index contributed by atoms with van der Waals surface area (Å²) < 4.78 is 27.9. The van der Waals surface area contributed by atoms with Crippen LogP contribution < -0.4 is 15.4 Å². The van der Waals surface area contributed by atoms with Crippen LogP contribution >= 0.6 is 23.4 Å². The van der Waals surface area contributed by atoms with Crippen molar-refractivity contribution in [3.63, 3.8) is 0 Å². The van der Waals surface area contributed by atoms with Crippen molar-refractivity contribution in [1.29, 1.82) is 0 Å². The number of anilines is 1. The second kappa shape index (κ2) is 12.8. The van der Waals surface area contributed by atoms with Crippen LogP contribution in [0.15, 0.2) is 53.4 Å². The molecule has 0 fully saturated rings. The third kappa shape index (κ3) is 8.82. The molecule has 0 radical (unpaired) electrons. The number of thioether (sulfide) groups is 1. The summed E-state index contributed by atoms with van der Waals surface area (Å²) in [6.45, 7) is 2.13. The summed E-state index contributed by atoms with van der Waals surface area (Å²) in [6.07, 6.45) is 2.89. The monoisotopic (exact) mass is 497 g/mol. The quantitative estimate of drug-likeness (QED) is 0.389. The summed E-state index contributed by atoms with van der Waals surface area (Å²) in [6, 6.07) is 12.3. The van der Waals surface area contributed by atoms with Crippen LogP contribution in [-0.2, 0) is 19.6 Å². The van der Waals surface area contributed by atoms with E-state index >= 15 is 0 Å². The Morgan fingerprint density at radius 1 is 1.06 bits per heavy atom. The highest BCUT2D eigenvalue weighted by Gasteiger charge is 2.25. The van der Waals surface area contributed by atoms with Gasteiger partial charge in [-0.25, -0.2) is 8.42 Å². The van der Waals surface area contributed by atoms with Gasteiger partial charge in [0.25, 0.3) is 0 Å². The van der Waals surface area contributed by atoms with Crippen LogP contribution in [0.3, 0.4) is 0 Å². The number of halogens is 1. The molecule has 0 saturated heterocycles. The SMILES string of the molecule is CSCCC(NS(=O)(=O)c1ccc(C)cc1)C(=O)NCCCC(=O)Nc1ccc(Cl)cc1. The van der Waals surface area contributed by atoms with Gasteiger partial charge < -0.3 is 10.6 Å². The van der Waals surface area contributed by atoms with Gasteiger partial charge in [-0.1, -0.05) is 29.3 Å². The molecule has 0 saturated carbocycles.